The van der Waals surface area contributed by atoms with E-state index in [0.717, 1.165) is 27.4 Å². The highest BCUT2D eigenvalue weighted by molar-refractivity contribution is 7.92. The van der Waals surface area contributed by atoms with E-state index in [4.69, 9.17) is 9.47 Å². The van der Waals surface area contributed by atoms with Crippen molar-refractivity contribution in [2.24, 2.45) is 0 Å². The number of ether oxygens (including phenoxy) is 2. The van der Waals surface area contributed by atoms with Gasteiger partial charge in [-0.3, -0.25) is 9.10 Å². The van der Waals surface area contributed by atoms with Gasteiger partial charge in [0.2, 0.25) is 15.9 Å². The molecule has 0 aliphatic carbocycles. The number of rotatable bonds is 10. The van der Waals surface area contributed by atoms with E-state index in [1.54, 1.807) is 31.4 Å². The average Bonchev–Trinajstić information content (AvgIpc) is 2.69. The number of nitrogens with zero attached hydrogens (tertiary/aromatic N) is 1. The van der Waals surface area contributed by atoms with Gasteiger partial charge >= 0.3 is 0 Å². The number of carbonyl (C=O) groups excluding carboxylic acids is 1. The van der Waals surface area contributed by atoms with Crippen LogP contribution in [0.3, 0.4) is 0 Å². The Labute approximate surface area is 179 Å². The lowest BCUT2D eigenvalue weighted by molar-refractivity contribution is -0.120. The molecule has 0 aliphatic rings. The van der Waals surface area contributed by atoms with Crippen LogP contribution >= 0.6 is 0 Å². The van der Waals surface area contributed by atoms with Gasteiger partial charge in [-0.1, -0.05) is 25.1 Å². The summed E-state index contributed by atoms with van der Waals surface area (Å²) in [7, 11) is -2.05. The number of hydrogen-bond acceptors (Lipinski definition) is 5. The van der Waals surface area contributed by atoms with Crippen LogP contribution in [-0.4, -0.2) is 40.8 Å². The smallest absolute Gasteiger partial charge is 0.241 e. The zero-order chi connectivity index (χ0) is 22.3. The van der Waals surface area contributed by atoms with Gasteiger partial charge in [0.05, 0.1) is 31.7 Å². The lowest BCUT2D eigenvalue weighted by Gasteiger charge is -2.24. The van der Waals surface area contributed by atoms with E-state index in [1.165, 1.54) is 0 Å². The van der Waals surface area contributed by atoms with Crippen molar-refractivity contribution in [3.05, 3.63) is 53.6 Å². The fourth-order valence-corrected chi connectivity index (χ4v) is 4.05. The lowest BCUT2D eigenvalue weighted by atomic mass is 10.0. The summed E-state index contributed by atoms with van der Waals surface area (Å²) < 4.78 is 36.6. The Morgan fingerprint density at radius 2 is 1.90 bits per heavy atom. The molecule has 2 aromatic rings. The average molecular weight is 435 g/mol. The molecule has 1 atom stereocenters. The summed E-state index contributed by atoms with van der Waals surface area (Å²) in [6.45, 7) is 5.89. The number of amides is 1. The summed E-state index contributed by atoms with van der Waals surface area (Å²) in [6, 6.07) is 12.2. The molecule has 0 heterocycles. The van der Waals surface area contributed by atoms with Crippen molar-refractivity contribution in [2.45, 2.75) is 33.2 Å². The molecule has 1 amide bonds. The summed E-state index contributed by atoms with van der Waals surface area (Å²) in [5.41, 5.74) is 2.29. The Morgan fingerprint density at radius 3 is 2.47 bits per heavy atom. The monoisotopic (exact) mass is 434 g/mol. The summed E-state index contributed by atoms with van der Waals surface area (Å²) in [5, 5.41) is 2.94. The normalized spacial score (nSPS) is 12.2. The van der Waals surface area contributed by atoms with Crippen LogP contribution in [-0.2, 0) is 14.8 Å². The third-order valence-electron chi connectivity index (χ3n) is 4.67. The number of benzene rings is 2. The first-order valence-corrected chi connectivity index (χ1v) is 11.7. The lowest BCUT2D eigenvalue weighted by Crippen LogP contribution is -2.41. The Kier molecular flexibility index (Phi) is 8.11. The minimum atomic E-state index is -3.67. The van der Waals surface area contributed by atoms with Gasteiger partial charge in [-0.25, -0.2) is 8.42 Å². The maximum Gasteiger partial charge on any atom is 0.241 e. The third-order valence-corrected chi connectivity index (χ3v) is 5.81. The van der Waals surface area contributed by atoms with Crippen molar-refractivity contribution in [3.63, 3.8) is 0 Å². The van der Waals surface area contributed by atoms with Gasteiger partial charge in [0.25, 0.3) is 0 Å². The molecule has 0 aromatic heterocycles. The number of aryl methyl sites for hydroxylation is 1. The molecular weight excluding hydrogens is 404 g/mol. The quantitative estimate of drug-likeness (QED) is 0.619. The Hall–Kier alpha value is -2.74. The highest BCUT2D eigenvalue weighted by Gasteiger charge is 2.23. The fourth-order valence-electron chi connectivity index (χ4n) is 3.20. The van der Waals surface area contributed by atoms with E-state index in [9.17, 15) is 13.2 Å². The zero-order valence-electron chi connectivity index (χ0n) is 18.1. The van der Waals surface area contributed by atoms with Crippen LogP contribution in [0.5, 0.6) is 11.5 Å². The standard InChI is InChI=1S/C22H30N2O5S/c1-6-20(17-11-12-21(28-4)16(3)13-17)23-22(25)15-24(30(5,26)27)18-9-8-10-19(14-18)29-7-2/h8-14,20H,6-7,15H2,1-5H3,(H,23,25)/t20-/m1/s1. The molecule has 164 valence electrons. The van der Waals surface area contributed by atoms with Gasteiger partial charge in [-0.05, 0) is 49.6 Å². The molecule has 0 saturated carbocycles. The molecule has 0 unspecified atom stereocenters. The van der Waals surface area contributed by atoms with Crippen molar-refractivity contribution >= 4 is 21.6 Å². The second kappa shape index (κ2) is 10.3. The Morgan fingerprint density at radius 1 is 1.17 bits per heavy atom. The van der Waals surface area contributed by atoms with Crippen molar-refractivity contribution in [2.75, 3.05) is 30.8 Å². The van der Waals surface area contributed by atoms with Gasteiger partial charge in [0.15, 0.2) is 0 Å². The summed E-state index contributed by atoms with van der Waals surface area (Å²) in [6.07, 6.45) is 1.74. The minimum Gasteiger partial charge on any atom is -0.496 e. The van der Waals surface area contributed by atoms with Gasteiger partial charge in [-0.15, -0.1) is 0 Å². The molecule has 0 fully saturated rings. The third kappa shape index (κ3) is 6.13. The molecule has 2 rings (SSSR count). The van der Waals surface area contributed by atoms with Crippen LogP contribution in [0, 0.1) is 6.92 Å². The second-order valence-corrected chi connectivity index (χ2v) is 8.86. The minimum absolute atomic E-state index is 0.238. The number of methoxy groups -OCH3 is 1. The molecule has 1 N–H and O–H groups in total. The van der Waals surface area contributed by atoms with Crippen LogP contribution in [0.4, 0.5) is 5.69 Å². The molecule has 8 heteroatoms. The molecule has 0 spiro atoms. The van der Waals surface area contributed by atoms with E-state index in [-0.39, 0.29) is 18.5 Å². The number of carbonyl (C=O) groups is 1. The molecule has 0 saturated heterocycles. The topological polar surface area (TPSA) is 84.9 Å². The highest BCUT2D eigenvalue weighted by atomic mass is 32.2. The van der Waals surface area contributed by atoms with Crippen LogP contribution < -0.4 is 19.1 Å². The number of hydrogen-bond donors (Lipinski definition) is 1. The number of sulfonamides is 1. The van der Waals surface area contributed by atoms with E-state index in [0.29, 0.717) is 24.5 Å². The molecule has 0 radical (unpaired) electrons. The first kappa shape index (κ1) is 23.5. The second-order valence-electron chi connectivity index (χ2n) is 6.96. The highest BCUT2D eigenvalue weighted by Crippen LogP contribution is 2.25. The van der Waals surface area contributed by atoms with E-state index < -0.39 is 10.0 Å². The van der Waals surface area contributed by atoms with Gasteiger partial charge in [-0.2, -0.15) is 0 Å². The molecular formula is C22H30N2O5S. The predicted octanol–water partition coefficient (Wildman–Crippen LogP) is 3.44. The summed E-state index contributed by atoms with van der Waals surface area (Å²) >= 11 is 0. The van der Waals surface area contributed by atoms with E-state index in [1.807, 2.05) is 39.0 Å². The maximum absolute atomic E-state index is 12.8. The van der Waals surface area contributed by atoms with Crippen molar-refractivity contribution in [1.29, 1.82) is 0 Å². The number of nitrogens with one attached hydrogen (secondary N) is 1. The van der Waals surface area contributed by atoms with Crippen LogP contribution in [0.1, 0.15) is 37.4 Å². The molecule has 7 nitrogen and oxygen atoms in total. The molecule has 0 bridgehead atoms. The number of anilines is 1. The molecule has 0 aliphatic heterocycles. The Bertz CT molecular complexity index is 975. The van der Waals surface area contributed by atoms with Crippen molar-refractivity contribution in [3.8, 4) is 11.5 Å². The summed E-state index contributed by atoms with van der Waals surface area (Å²) in [4.78, 5) is 12.8. The largest absolute Gasteiger partial charge is 0.496 e. The summed E-state index contributed by atoms with van der Waals surface area (Å²) in [5.74, 6) is 0.934. The zero-order valence-corrected chi connectivity index (χ0v) is 19.0. The SMILES string of the molecule is CCOc1cccc(N(CC(=O)N[C@H](CC)c2ccc(OC)c(C)c2)S(C)(=O)=O)c1. The first-order chi connectivity index (χ1) is 14.2. The van der Waals surface area contributed by atoms with Crippen LogP contribution in [0.15, 0.2) is 42.5 Å². The predicted molar refractivity (Wildman–Crippen MR) is 119 cm³/mol. The Balaban J connectivity index is 2.21. The molecule has 2 aromatic carbocycles. The van der Waals surface area contributed by atoms with E-state index in [2.05, 4.69) is 5.32 Å². The molecule has 30 heavy (non-hydrogen) atoms. The van der Waals surface area contributed by atoms with Crippen LogP contribution in [0.25, 0.3) is 0 Å². The van der Waals surface area contributed by atoms with Crippen LogP contribution in [0.2, 0.25) is 0 Å². The van der Waals surface area contributed by atoms with Crippen molar-refractivity contribution in [1.82, 2.24) is 5.32 Å². The van der Waals surface area contributed by atoms with Gasteiger partial charge in [0, 0.05) is 6.07 Å². The van der Waals surface area contributed by atoms with Crippen molar-refractivity contribution < 1.29 is 22.7 Å². The fraction of sp³-hybridized carbons (Fsp3) is 0.409. The van der Waals surface area contributed by atoms with Gasteiger partial charge in [0.1, 0.15) is 18.0 Å². The maximum atomic E-state index is 12.8. The van der Waals surface area contributed by atoms with E-state index >= 15 is 0 Å². The first-order valence-electron chi connectivity index (χ1n) is 9.84. The van der Waals surface area contributed by atoms with Gasteiger partial charge < -0.3 is 14.8 Å².